The average Bonchev–Trinajstić information content (AvgIpc) is 1.98. The van der Waals surface area contributed by atoms with Gasteiger partial charge in [0.05, 0.1) is 0 Å². The van der Waals surface area contributed by atoms with Gasteiger partial charge in [-0.15, -0.1) is 0 Å². The Morgan fingerprint density at radius 1 is 1.27 bits per heavy atom. The van der Waals surface area contributed by atoms with Crippen molar-refractivity contribution < 1.29 is 9.59 Å². The van der Waals surface area contributed by atoms with Crippen molar-refractivity contribution >= 4 is 11.7 Å². The molecule has 0 bridgehead atoms. The Labute approximate surface area is 67.4 Å². The molecule has 0 saturated carbocycles. The van der Waals surface area contributed by atoms with Gasteiger partial charge in [0, 0.05) is 26.4 Å². The summed E-state index contributed by atoms with van der Waals surface area (Å²) in [5.41, 5.74) is 0. The van der Waals surface area contributed by atoms with Crippen LogP contribution in [0.1, 0.15) is 26.7 Å². The molecule has 0 fully saturated rings. The highest BCUT2D eigenvalue weighted by molar-refractivity contribution is 5.83. The molecule has 0 N–H and O–H groups in total. The van der Waals surface area contributed by atoms with E-state index >= 15 is 0 Å². The van der Waals surface area contributed by atoms with E-state index in [9.17, 15) is 9.59 Å². The Morgan fingerprint density at radius 2 is 1.82 bits per heavy atom. The van der Waals surface area contributed by atoms with Gasteiger partial charge < -0.3 is 9.69 Å². The van der Waals surface area contributed by atoms with Crippen LogP contribution in [0.5, 0.6) is 0 Å². The van der Waals surface area contributed by atoms with E-state index in [2.05, 4.69) is 0 Å². The van der Waals surface area contributed by atoms with Crippen LogP contribution >= 0.6 is 0 Å². The minimum atomic E-state index is 0.0442. The molecule has 0 aromatic carbocycles. The van der Waals surface area contributed by atoms with Crippen LogP contribution in [0, 0.1) is 0 Å². The van der Waals surface area contributed by atoms with E-state index < -0.39 is 0 Å². The highest BCUT2D eigenvalue weighted by atomic mass is 16.2. The average molecular weight is 157 g/mol. The highest BCUT2D eigenvalue weighted by Crippen LogP contribution is 1.95. The molecule has 0 heterocycles. The van der Waals surface area contributed by atoms with Crippen LogP contribution in [0.4, 0.5) is 0 Å². The molecule has 3 heteroatoms. The third-order valence-corrected chi connectivity index (χ3v) is 1.59. The summed E-state index contributed by atoms with van der Waals surface area (Å²) >= 11 is 0. The van der Waals surface area contributed by atoms with Crippen molar-refractivity contribution in [1.29, 1.82) is 0 Å². The molecule has 0 saturated heterocycles. The molecule has 0 aromatic rings. The van der Waals surface area contributed by atoms with Crippen molar-refractivity contribution in [2.45, 2.75) is 26.7 Å². The Kier molecular flexibility index (Phi) is 4.50. The molecule has 0 aliphatic rings. The lowest BCUT2D eigenvalue weighted by Crippen LogP contribution is -2.26. The molecule has 64 valence electrons. The van der Waals surface area contributed by atoms with Gasteiger partial charge in [0.1, 0.15) is 5.78 Å². The van der Waals surface area contributed by atoms with Gasteiger partial charge in [0.25, 0.3) is 0 Å². The van der Waals surface area contributed by atoms with Crippen LogP contribution in [0.15, 0.2) is 0 Å². The second-order valence-corrected chi connectivity index (χ2v) is 2.61. The van der Waals surface area contributed by atoms with E-state index in [1.807, 2.05) is 6.92 Å². The van der Waals surface area contributed by atoms with E-state index in [4.69, 9.17) is 0 Å². The standard InChI is InChI=1S/C8H15NO2/c1-4-9(3)8(11)6-5-7(2)10/h4-6H2,1-3H3. The van der Waals surface area contributed by atoms with Gasteiger partial charge in [-0.2, -0.15) is 0 Å². The number of hydrogen-bond acceptors (Lipinski definition) is 2. The molecule has 1 amide bonds. The Morgan fingerprint density at radius 3 is 2.18 bits per heavy atom. The minimum absolute atomic E-state index is 0.0442. The molecule has 3 nitrogen and oxygen atoms in total. The predicted molar refractivity (Wildman–Crippen MR) is 43.2 cm³/mol. The predicted octanol–water partition coefficient (Wildman–Crippen LogP) is 0.834. The second-order valence-electron chi connectivity index (χ2n) is 2.61. The number of hydrogen-bond donors (Lipinski definition) is 0. The molecule has 0 radical (unpaired) electrons. The van der Waals surface area contributed by atoms with Gasteiger partial charge in [0.2, 0.25) is 5.91 Å². The quantitative estimate of drug-likeness (QED) is 0.606. The molecule has 0 unspecified atom stereocenters. The normalized spacial score (nSPS) is 9.36. The van der Waals surface area contributed by atoms with E-state index in [0.29, 0.717) is 19.4 Å². The van der Waals surface area contributed by atoms with Crippen LogP contribution < -0.4 is 0 Å². The fraction of sp³-hybridized carbons (Fsp3) is 0.750. The third-order valence-electron chi connectivity index (χ3n) is 1.59. The van der Waals surface area contributed by atoms with Gasteiger partial charge in [-0.25, -0.2) is 0 Å². The van der Waals surface area contributed by atoms with Crippen molar-refractivity contribution in [3.05, 3.63) is 0 Å². The molecule has 0 aliphatic carbocycles. The van der Waals surface area contributed by atoms with E-state index in [0.717, 1.165) is 0 Å². The number of nitrogens with zero attached hydrogens (tertiary/aromatic N) is 1. The van der Waals surface area contributed by atoms with Gasteiger partial charge in [-0.1, -0.05) is 0 Å². The van der Waals surface area contributed by atoms with E-state index in [-0.39, 0.29) is 11.7 Å². The van der Waals surface area contributed by atoms with Gasteiger partial charge in [0.15, 0.2) is 0 Å². The summed E-state index contributed by atoms with van der Waals surface area (Å²) in [5, 5.41) is 0. The lowest BCUT2D eigenvalue weighted by atomic mass is 10.2. The molecule has 0 aromatic heterocycles. The van der Waals surface area contributed by atoms with Gasteiger partial charge in [-0.05, 0) is 13.8 Å². The van der Waals surface area contributed by atoms with Crippen molar-refractivity contribution in [3.8, 4) is 0 Å². The molecular formula is C8H15NO2. The largest absolute Gasteiger partial charge is 0.346 e. The molecule has 0 spiro atoms. The number of carbonyl (C=O) groups excluding carboxylic acids is 2. The number of rotatable bonds is 4. The first kappa shape index (κ1) is 10.1. The van der Waals surface area contributed by atoms with E-state index in [1.54, 1.807) is 11.9 Å². The summed E-state index contributed by atoms with van der Waals surface area (Å²) in [6.45, 7) is 4.11. The molecule has 0 aliphatic heterocycles. The van der Waals surface area contributed by atoms with Crippen LogP contribution in [-0.4, -0.2) is 30.2 Å². The lowest BCUT2D eigenvalue weighted by Gasteiger charge is -2.13. The van der Waals surface area contributed by atoms with Crippen LogP contribution in [0.3, 0.4) is 0 Å². The Hall–Kier alpha value is -0.860. The van der Waals surface area contributed by atoms with Crippen molar-refractivity contribution in [1.82, 2.24) is 4.90 Å². The first-order valence-corrected chi connectivity index (χ1v) is 3.81. The molecule has 11 heavy (non-hydrogen) atoms. The maximum Gasteiger partial charge on any atom is 0.222 e. The first-order valence-electron chi connectivity index (χ1n) is 3.81. The summed E-state index contributed by atoms with van der Waals surface area (Å²) < 4.78 is 0. The zero-order valence-electron chi connectivity index (χ0n) is 7.39. The zero-order valence-corrected chi connectivity index (χ0v) is 7.39. The molecule has 0 atom stereocenters. The summed E-state index contributed by atoms with van der Waals surface area (Å²) in [5.74, 6) is 0.116. The van der Waals surface area contributed by atoms with Gasteiger partial charge in [-0.3, -0.25) is 4.79 Å². The Balaban J connectivity index is 3.60. The van der Waals surface area contributed by atoms with Crippen molar-refractivity contribution in [3.63, 3.8) is 0 Å². The van der Waals surface area contributed by atoms with Crippen LogP contribution in [-0.2, 0) is 9.59 Å². The SMILES string of the molecule is CCN(C)C(=O)CCC(C)=O. The smallest absolute Gasteiger partial charge is 0.222 e. The minimum Gasteiger partial charge on any atom is -0.346 e. The summed E-state index contributed by atoms with van der Waals surface area (Å²) in [6.07, 6.45) is 0.711. The fourth-order valence-corrected chi connectivity index (χ4v) is 0.650. The zero-order chi connectivity index (χ0) is 8.85. The lowest BCUT2D eigenvalue weighted by molar-refractivity contribution is -0.131. The van der Waals surface area contributed by atoms with Crippen LogP contribution in [0.2, 0.25) is 0 Å². The second kappa shape index (κ2) is 4.88. The fourth-order valence-electron chi connectivity index (χ4n) is 0.650. The number of ketones is 1. The monoisotopic (exact) mass is 157 g/mol. The van der Waals surface area contributed by atoms with Gasteiger partial charge >= 0.3 is 0 Å². The topological polar surface area (TPSA) is 37.4 Å². The number of carbonyl (C=O) groups is 2. The van der Waals surface area contributed by atoms with Crippen molar-refractivity contribution in [2.75, 3.05) is 13.6 Å². The maximum atomic E-state index is 11.1. The number of amides is 1. The molecule has 0 rings (SSSR count). The highest BCUT2D eigenvalue weighted by Gasteiger charge is 2.06. The van der Waals surface area contributed by atoms with Crippen LogP contribution in [0.25, 0.3) is 0 Å². The summed E-state index contributed by atoms with van der Waals surface area (Å²) in [6, 6.07) is 0. The number of Topliss-reactive ketones (excluding diaryl/α,β-unsaturated/α-hetero) is 1. The Bertz CT molecular complexity index is 154. The molecular weight excluding hydrogens is 142 g/mol. The summed E-state index contributed by atoms with van der Waals surface area (Å²) in [4.78, 5) is 23.2. The third kappa shape index (κ3) is 4.53. The van der Waals surface area contributed by atoms with E-state index in [1.165, 1.54) is 6.92 Å². The first-order chi connectivity index (χ1) is 5.07. The maximum absolute atomic E-state index is 11.1. The summed E-state index contributed by atoms with van der Waals surface area (Å²) in [7, 11) is 1.74. The van der Waals surface area contributed by atoms with Crippen molar-refractivity contribution in [2.24, 2.45) is 0 Å².